The Morgan fingerprint density at radius 1 is 1.10 bits per heavy atom. The Labute approximate surface area is 120 Å². The van der Waals surface area contributed by atoms with E-state index in [1.807, 2.05) is 31.3 Å². The van der Waals surface area contributed by atoms with Gasteiger partial charge >= 0.3 is 0 Å². The van der Waals surface area contributed by atoms with Gasteiger partial charge in [0, 0.05) is 6.04 Å². The quantitative estimate of drug-likeness (QED) is 0.898. The summed E-state index contributed by atoms with van der Waals surface area (Å²) >= 11 is 0. The van der Waals surface area contributed by atoms with E-state index in [0.717, 1.165) is 24.0 Å². The normalized spacial score (nSPS) is 24.7. The van der Waals surface area contributed by atoms with E-state index in [4.69, 9.17) is 0 Å². The molecule has 3 rings (SSSR count). The number of hydrogen-bond donors (Lipinski definition) is 1. The summed E-state index contributed by atoms with van der Waals surface area (Å²) in [6.07, 6.45) is 1.84. The summed E-state index contributed by atoms with van der Waals surface area (Å²) in [5.41, 5.74) is 3.00. The molecule has 2 atom stereocenters. The van der Waals surface area contributed by atoms with E-state index in [2.05, 4.69) is 41.7 Å². The van der Waals surface area contributed by atoms with Crippen molar-refractivity contribution in [1.29, 1.82) is 5.26 Å². The predicted molar refractivity (Wildman–Crippen MR) is 80.3 cm³/mol. The number of benzene rings is 2. The standard InChI is InChI=1S/C18H18N2/c1-20-17-11-12-18(13-19,14-7-3-2-4-8-14)16-10-6-5-9-15(16)17/h2-10,17,20H,11-12H2,1H3/t17-,18+/m0/s1. The van der Waals surface area contributed by atoms with Crippen molar-refractivity contribution in [1.82, 2.24) is 5.32 Å². The molecule has 1 aliphatic carbocycles. The Bertz CT molecular complexity index is 642. The number of rotatable bonds is 2. The summed E-state index contributed by atoms with van der Waals surface area (Å²) in [5, 5.41) is 13.3. The van der Waals surface area contributed by atoms with E-state index in [9.17, 15) is 5.26 Å². The smallest absolute Gasteiger partial charge is 0.107 e. The maximum Gasteiger partial charge on any atom is 0.107 e. The van der Waals surface area contributed by atoms with Gasteiger partial charge in [0.2, 0.25) is 0 Å². The zero-order valence-corrected chi connectivity index (χ0v) is 11.6. The van der Waals surface area contributed by atoms with Gasteiger partial charge in [0.05, 0.1) is 6.07 Å². The van der Waals surface area contributed by atoms with E-state index in [1.165, 1.54) is 5.56 Å². The second-order valence-electron chi connectivity index (χ2n) is 5.35. The second-order valence-corrected chi connectivity index (χ2v) is 5.35. The van der Waals surface area contributed by atoms with Gasteiger partial charge in [-0.15, -0.1) is 0 Å². The fraction of sp³-hybridized carbons (Fsp3) is 0.278. The van der Waals surface area contributed by atoms with Crippen LogP contribution >= 0.6 is 0 Å². The van der Waals surface area contributed by atoms with Crippen LogP contribution in [0.2, 0.25) is 0 Å². The van der Waals surface area contributed by atoms with E-state index in [1.54, 1.807) is 0 Å². The van der Waals surface area contributed by atoms with Gasteiger partial charge in [-0.1, -0.05) is 54.6 Å². The minimum absolute atomic E-state index is 0.344. The third-order valence-corrected chi connectivity index (χ3v) is 4.41. The van der Waals surface area contributed by atoms with Crippen LogP contribution in [0.4, 0.5) is 0 Å². The lowest BCUT2D eigenvalue weighted by Crippen LogP contribution is -2.35. The van der Waals surface area contributed by atoms with E-state index < -0.39 is 5.41 Å². The molecular weight excluding hydrogens is 244 g/mol. The molecule has 0 saturated heterocycles. The van der Waals surface area contributed by atoms with Crippen molar-refractivity contribution < 1.29 is 0 Å². The maximum absolute atomic E-state index is 9.93. The molecule has 0 saturated carbocycles. The Morgan fingerprint density at radius 2 is 1.80 bits per heavy atom. The van der Waals surface area contributed by atoms with Crippen LogP contribution in [-0.4, -0.2) is 7.05 Å². The van der Waals surface area contributed by atoms with E-state index in [-0.39, 0.29) is 0 Å². The second kappa shape index (κ2) is 5.11. The van der Waals surface area contributed by atoms with E-state index in [0.29, 0.717) is 6.04 Å². The maximum atomic E-state index is 9.93. The van der Waals surface area contributed by atoms with Crippen LogP contribution in [0.25, 0.3) is 0 Å². The molecule has 2 heteroatoms. The largest absolute Gasteiger partial charge is 0.313 e. The molecule has 1 N–H and O–H groups in total. The molecule has 0 aromatic heterocycles. The fourth-order valence-corrected chi connectivity index (χ4v) is 3.34. The first-order chi connectivity index (χ1) is 9.81. The zero-order chi connectivity index (χ0) is 14.0. The summed E-state index contributed by atoms with van der Waals surface area (Å²) in [5.74, 6) is 0. The monoisotopic (exact) mass is 262 g/mol. The molecular formula is C18H18N2. The topological polar surface area (TPSA) is 35.8 Å². The van der Waals surface area contributed by atoms with Crippen LogP contribution in [0.1, 0.15) is 35.6 Å². The van der Waals surface area contributed by atoms with Crippen LogP contribution in [0, 0.1) is 11.3 Å². The van der Waals surface area contributed by atoms with Crippen molar-refractivity contribution in [2.24, 2.45) is 0 Å². The average molecular weight is 262 g/mol. The van der Waals surface area contributed by atoms with Gasteiger partial charge in [-0.2, -0.15) is 5.26 Å². The Balaban J connectivity index is 2.22. The molecule has 0 unspecified atom stereocenters. The third kappa shape index (κ3) is 1.83. The van der Waals surface area contributed by atoms with Crippen molar-refractivity contribution in [2.45, 2.75) is 24.3 Å². The highest BCUT2D eigenvalue weighted by atomic mass is 14.9. The molecule has 0 aliphatic heterocycles. The summed E-state index contributed by atoms with van der Waals surface area (Å²) in [4.78, 5) is 0. The van der Waals surface area contributed by atoms with Gasteiger partial charge in [-0.3, -0.25) is 0 Å². The average Bonchev–Trinajstić information content (AvgIpc) is 2.54. The highest BCUT2D eigenvalue weighted by Gasteiger charge is 2.40. The molecule has 2 nitrogen and oxygen atoms in total. The van der Waals surface area contributed by atoms with Crippen LogP contribution in [0.5, 0.6) is 0 Å². The van der Waals surface area contributed by atoms with Gasteiger partial charge in [0.15, 0.2) is 0 Å². The molecule has 0 radical (unpaired) electrons. The third-order valence-electron chi connectivity index (χ3n) is 4.41. The van der Waals surface area contributed by atoms with E-state index >= 15 is 0 Å². The minimum Gasteiger partial charge on any atom is -0.313 e. The zero-order valence-electron chi connectivity index (χ0n) is 11.6. The Kier molecular flexibility index (Phi) is 3.30. The Hall–Kier alpha value is -2.11. The molecule has 0 spiro atoms. The molecule has 20 heavy (non-hydrogen) atoms. The highest BCUT2D eigenvalue weighted by molar-refractivity contribution is 5.52. The number of fused-ring (bicyclic) bond motifs is 1. The number of hydrogen-bond acceptors (Lipinski definition) is 2. The fourth-order valence-electron chi connectivity index (χ4n) is 3.34. The molecule has 2 aromatic rings. The summed E-state index contributed by atoms with van der Waals surface area (Å²) in [6.45, 7) is 0. The van der Waals surface area contributed by atoms with Gasteiger partial charge in [0.25, 0.3) is 0 Å². The molecule has 2 aromatic carbocycles. The lowest BCUT2D eigenvalue weighted by molar-refractivity contribution is 0.426. The first-order valence-corrected chi connectivity index (χ1v) is 7.05. The van der Waals surface area contributed by atoms with Crippen LogP contribution in [0.3, 0.4) is 0 Å². The summed E-state index contributed by atoms with van der Waals surface area (Å²) < 4.78 is 0. The van der Waals surface area contributed by atoms with Crippen molar-refractivity contribution in [3.05, 3.63) is 71.3 Å². The first kappa shape index (κ1) is 12.9. The lowest BCUT2D eigenvalue weighted by Gasteiger charge is -2.37. The molecule has 0 bridgehead atoms. The number of nitrogens with one attached hydrogen (secondary N) is 1. The van der Waals surface area contributed by atoms with Crippen LogP contribution in [-0.2, 0) is 5.41 Å². The van der Waals surface area contributed by atoms with Gasteiger partial charge in [0.1, 0.15) is 5.41 Å². The summed E-state index contributed by atoms with van der Waals surface area (Å²) in [6, 6.07) is 21.5. The first-order valence-electron chi connectivity index (χ1n) is 7.05. The molecule has 0 fully saturated rings. The van der Waals surface area contributed by atoms with Crippen molar-refractivity contribution in [3.8, 4) is 6.07 Å². The lowest BCUT2D eigenvalue weighted by atomic mass is 9.65. The SMILES string of the molecule is CN[C@H]1CC[C@@](C#N)(c2ccccc2)c2ccccc21. The van der Waals surface area contributed by atoms with Gasteiger partial charge in [-0.05, 0) is 36.6 Å². The predicted octanol–water partition coefficient (Wildman–Crippen LogP) is 3.55. The molecule has 0 amide bonds. The van der Waals surface area contributed by atoms with Gasteiger partial charge in [-0.25, -0.2) is 0 Å². The van der Waals surface area contributed by atoms with Crippen molar-refractivity contribution in [2.75, 3.05) is 7.05 Å². The molecule has 1 aliphatic rings. The van der Waals surface area contributed by atoms with Crippen molar-refractivity contribution in [3.63, 3.8) is 0 Å². The Morgan fingerprint density at radius 3 is 2.50 bits per heavy atom. The number of nitrogens with zero attached hydrogens (tertiary/aromatic N) is 1. The summed E-state index contributed by atoms with van der Waals surface area (Å²) in [7, 11) is 1.99. The van der Waals surface area contributed by atoms with Crippen LogP contribution in [0.15, 0.2) is 54.6 Å². The van der Waals surface area contributed by atoms with Crippen molar-refractivity contribution >= 4 is 0 Å². The number of nitriles is 1. The molecule has 100 valence electrons. The van der Waals surface area contributed by atoms with Crippen LogP contribution < -0.4 is 5.32 Å². The highest BCUT2D eigenvalue weighted by Crippen LogP contribution is 2.45. The molecule has 0 heterocycles. The van der Waals surface area contributed by atoms with Gasteiger partial charge < -0.3 is 5.32 Å². The minimum atomic E-state index is -0.509.